The Morgan fingerprint density at radius 3 is 2.26 bits per heavy atom. The zero-order valence-electron chi connectivity index (χ0n) is 23.7. The lowest BCUT2D eigenvalue weighted by Crippen LogP contribution is -2.27. The van der Waals surface area contributed by atoms with Gasteiger partial charge in [-0.05, 0) is 84.9 Å². The van der Waals surface area contributed by atoms with Crippen LogP contribution in [0.5, 0.6) is 11.5 Å². The molecule has 4 rings (SSSR count). The molecule has 1 aliphatic carbocycles. The Morgan fingerprint density at radius 2 is 1.69 bits per heavy atom. The molecule has 0 amide bonds. The molecule has 0 radical (unpaired) electrons. The summed E-state index contributed by atoms with van der Waals surface area (Å²) >= 11 is 0. The van der Waals surface area contributed by atoms with Crippen LogP contribution < -0.4 is 14.2 Å². The third-order valence-electron chi connectivity index (χ3n) is 7.87. The molecule has 0 spiro atoms. The Hall–Kier alpha value is -2.81. The number of methoxy groups -OCH3 is 2. The van der Waals surface area contributed by atoms with Crippen LogP contribution >= 0.6 is 0 Å². The van der Waals surface area contributed by atoms with Crippen molar-refractivity contribution in [2.45, 2.75) is 52.2 Å². The van der Waals surface area contributed by atoms with Gasteiger partial charge in [0.15, 0.2) is 0 Å². The Bertz CT molecular complexity index is 1320. The molecule has 212 valence electrons. The number of rotatable bonds is 13. The molecule has 0 bridgehead atoms. The van der Waals surface area contributed by atoms with Crippen LogP contribution in [0.25, 0.3) is 0 Å². The molecule has 0 saturated carbocycles. The van der Waals surface area contributed by atoms with Crippen molar-refractivity contribution in [3.63, 3.8) is 0 Å². The highest BCUT2D eigenvalue weighted by molar-refractivity contribution is 7.88. The first-order valence-corrected chi connectivity index (χ1v) is 15.5. The van der Waals surface area contributed by atoms with Crippen molar-refractivity contribution in [2.75, 3.05) is 27.0 Å². The smallest absolute Gasteiger partial charge is 0.208 e. The first kappa shape index (κ1) is 29.2. The number of aromatic nitrogens is 1. The average molecular weight is 555 g/mol. The normalized spacial score (nSPS) is 16.1. The van der Waals surface area contributed by atoms with E-state index >= 15 is 0 Å². The van der Waals surface area contributed by atoms with Crippen molar-refractivity contribution in [2.24, 2.45) is 17.8 Å². The number of aliphatic hydroxyl groups is 1. The van der Waals surface area contributed by atoms with Gasteiger partial charge in [-0.2, -0.15) is 0 Å². The topological polar surface area (TPSA) is 89.8 Å². The van der Waals surface area contributed by atoms with Crippen LogP contribution in [-0.4, -0.2) is 45.1 Å². The lowest BCUT2D eigenvalue weighted by molar-refractivity contribution is 0.0815. The highest BCUT2D eigenvalue weighted by atomic mass is 32.2. The third kappa shape index (κ3) is 7.65. The van der Waals surface area contributed by atoms with E-state index < -0.39 is 16.1 Å². The number of ether oxygens (including phenoxy) is 2. The fourth-order valence-electron chi connectivity index (χ4n) is 5.86. The molecular weight excluding hydrogens is 512 g/mol. The number of nitrogens with one attached hydrogen (secondary N) is 1. The molecule has 0 fully saturated rings. The van der Waals surface area contributed by atoms with Crippen LogP contribution in [0.3, 0.4) is 0 Å². The number of hydrogen-bond acceptors (Lipinski definition) is 5. The Morgan fingerprint density at radius 1 is 1.08 bits per heavy atom. The van der Waals surface area contributed by atoms with Gasteiger partial charge in [-0.15, -0.1) is 0 Å². The molecule has 7 nitrogen and oxygen atoms in total. The van der Waals surface area contributed by atoms with E-state index in [1.165, 1.54) is 17.4 Å². The Kier molecular flexibility index (Phi) is 9.41. The molecule has 1 aromatic heterocycles. The van der Waals surface area contributed by atoms with E-state index in [4.69, 9.17) is 9.47 Å². The van der Waals surface area contributed by atoms with E-state index in [1.807, 2.05) is 26.0 Å². The largest absolute Gasteiger partial charge is 0.496 e. The van der Waals surface area contributed by atoms with Gasteiger partial charge in [0.05, 0.1) is 26.6 Å². The van der Waals surface area contributed by atoms with Gasteiger partial charge in [-0.1, -0.05) is 31.2 Å². The first-order chi connectivity index (χ1) is 18.6. The van der Waals surface area contributed by atoms with Gasteiger partial charge in [0.25, 0.3) is 0 Å². The van der Waals surface area contributed by atoms with Gasteiger partial charge in [-0.3, -0.25) is 0 Å². The van der Waals surface area contributed by atoms with Crippen molar-refractivity contribution >= 4 is 10.0 Å². The van der Waals surface area contributed by atoms with E-state index in [1.54, 1.807) is 14.2 Å². The molecule has 1 unspecified atom stereocenters. The maximum atomic E-state index is 11.8. The fraction of sp³-hybridized carbons (Fsp3) is 0.484. The summed E-state index contributed by atoms with van der Waals surface area (Å²) in [5, 5.41) is 11.8. The standard InChI is InChI=1S/C31H42N2O5S/c1-21(18-32-39(5,35)36)12-23-10-11-33(19-23)20-28(15-24-13-25-8-6-7-9-26(25)14-24)31(34)27-16-29(37-3)22(2)30(17-27)38-4/h6-11,16-17,19,21,24,28,31-32,34H,12-15,18,20H2,1-5H3/t21?,28-,31+/m0/s1. The minimum Gasteiger partial charge on any atom is -0.496 e. The maximum absolute atomic E-state index is 11.8. The lowest BCUT2D eigenvalue weighted by atomic mass is 9.85. The molecule has 39 heavy (non-hydrogen) atoms. The second-order valence-electron chi connectivity index (χ2n) is 11.2. The highest BCUT2D eigenvalue weighted by Gasteiger charge is 2.30. The summed E-state index contributed by atoms with van der Waals surface area (Å²) in [6.45, 7) is 5.07. The zero-order valence-corrected chi connectivity index (χ0v) is 24.5. The molecule has 2 N–H and O–H groups in total. The van der Waals surface area contributed by atoms with E-state index in [-0.39, 0.29) is 11.8 Å². The Balaban J connectivity index is 1.53. The lowest BCUT2D eigenvalue weighted by Gasteiger charge is -2.27. The van der Waals surface area contributed by atoms with Crippen LogP contribution in [0.2, 0.25) is 0 Å². The van der Waals surface area contributed by atoms with E-state index in [0.717, 1.165) is 42.4 Å². The summed E-state index contributed by atoms with van der Waals surface area (Å²) < 4.78 is 38.8. The van der Waals surface area contributed by atoms with Crippen LogP contribution in [0.15, 0.2) is 54.9 Å². The van der Waals surface area contributed by atoms with Crippen LogP contribution in [-0.2, 0) is 35.8 Å². The van der Waals surface area contributed by atoms with Gasteiger partial charge >= 0.3 is 0 Å². The second-order valence-corrected chi connectivity index (χ2v) is 13.0. The van der Waals surface area contributed by atoms with Gasteiger partial charge in [0.1, 0.15) is 11.5 Å². The van der Waals surface area contributed by atoms with Gasteiger partial charge in [0.2, 0.25) is 10.0 Å². The minimum atomic E-state index is -3.20. The number of fused-ring (bicyclic) bond motifs is 1. The van der Waals surface area contributed by atoms with Gasteiger partial charge in [0, 0.05) is 37.0 Å². The van der Waals surface area contributed by atoms with E-state index in [0.29, 0.717) is 30.5 Å². The quantitative estimate of drug-likeness (QED) is 0.320. The number of nitrogens with zero attached hydrogens (tertiary/aromatic N) is 1. The molecule has 3 atom stereocenters. The summed E-state index contributed by atoms with van der Waals surface area (Å²) in [6.07, 6.45) is 8.39. The summed E-state index contributed by atoms with van der Waals surface area (Å²) in [6, 6.07) is 14.6. The van der Waals surface area contributed by atoms with Crippen LogP contribution in [0, 0.1) is 24.7 Å². The summed E-state index contributed by atoms with van der Waals surface area (Å²) in [5.74, 6) is 2.02. The van der Waals surface area contributed by atoms with Gasteiger partial charge < -0.3 is 19.1 Å². The van der Waals surface area contributed by atoms with Crippen molar-refractivity contribution in [1.82, 2.24) is 9.29 Å². The molecule has 3 aromatic rings. The maximum Gasteiger partial charge on any atom is 0.208 e. The molecule has 0 aliphatic heterocycles. The third-order valence-corrected chi connectivity index (χ3v) is 8.56. The van der Waals surface area contributed by atoms with E-state index in [2.05, 4.69) is 52.0 Å². The monoisotopic (exact) mass is 554 g/mol. The van der Waals surface area contributed by atoms with Crippen LogP contribution in [0.1, 0.15) is 47.3 Å². The fourth-order valence-corrected chi connectivity index (χ4v) is 6.45. The number of sulfonamides is 1. The summed E-state index contributed by atoms with van der Waals surface area (Å²) in [7, 11) is 0.0725. The van der Waals surface area contributed by atoms with Crippen LogP contribution in [0.4, 0.5) is 0 Å². The predicted octanol–water partition coefficient (Wildman–Crippen LogP) is 4.70. The van der Waals surface area contributed by atoms with Crippen molar-refractivity contribution in [3.8, 4) is 11.5 Å². The first-order valence-electron chi connectivity index (χ1n) is 13.6. The molecule has 1 aliphatic rings. The van der Waals surface area contributed by atoms with Gasteiger partial charge in [-0.25, -0.2) is 13.1 Å². The molecule has 2 aromatic carbocycles. The zero-order chi connectivity index (χ0) is 28.2. The second kappa shape index (κ2) is 12.6. The molecule has 8 heteroatoms. The SMILES string of the molecule is COc1cc([C@@H](O)[C@@H](CC2Cc3ccccc3C2)Cn2ccc(CC(C)CNS(C)(=O)=O)c2)cc(OC)c1C. The van der Waals surface area contributed by atoms with Crippen molar-refractivity contribution < 1.29 is 23.0 Å². The molecule has 0 saturated heterocycles. The number of benzene rings is 2. The minimum absolute atomic E-state index is 0.0222. The molecular formula is C31H42N2O5S. The summed E-state index contributed by atoms with van der Waals surface area (Å²) in [4.78, 5) is 0. The number of aliphatic hydroxyl groups excluding tert-OH is 1. The Labute approximate surface area is 233 Å². The van der Waals surface area contributed by atoms with Crippen molar-refractivity contribution in [1.29, 1.82) is 0 Å². The predicted molar refractivity (Wildman–Crippen MR) is 155 cm³/mol. The average Bonchev–Trinajstić information content (AvgIpc) is 3.52. The summed E-state index contributed by atoms with van der Waals surface area (Å²) in [5.41, 5.74) is 5.68. The van der Waals surface area contributed by atoms with E-state index in [9.17, 15) is 13.5 Å². The number of hydrogen-bond donors (Lipinski definition) is 2. The van der Waals surface area contributed by atoms with Crippen molar-refractivity contribution in [3.05, 3.63) is 82.7 Å². The highest BCUT2D eigenvalue weighted by Crippen LogP contribution is 2.39. The molecule has 1 heterocycles.